The summed E-state index contributed by atoms with van der Waals surface area (Å²) < 4.78 is 0. The fraction of sp³-hybridized carbons (Fsp3) is 0.136. The van der Waals surface area contributed by atoms with Crippen LogP contribution in [0.3, 0.4) is 0 Å². The lowest BCUT2D eigenvalue weighted by atomic mass is 9.95. The highest BCUT2D eigenvalue weighted by molar-refractivity contribution is 6.01. The highest BCUT2D eigenvalue weighted by Crippen LogP contribution is 2.27. The molecule has 0 bridgehead atoms. The van der Waals surface area contributed by atoms with Crippen LogP contribution in [0.5, 0.6) is 0 Å². The van der Waals surface area contributed by atoms with E-state index in [-0.39, 0.29) is 5.91 Å². The average molecular weight is 341 g/mol. The van der Waals surface area contributed by atoms with Crippen LogP contribution in [-0.2, 0) is 6.42 Å². The average Bonchev–Trinajstić information content (AvgIpc) is 2.72. The summed E-state index contributed by atoms with van der Waals surface area (Å²) in [6, 6.07) is 22.7. The summed E-state index contributed by atoms with van der Waals surface area (Å²) in [5.41, 5.74) is 3.66. The van der Waals surface area contributed by atoms with E-state index in [1.54, 1.807) is 24.2 Å². The molecule has 0 saturated carbocycles. The van der Waals surface area contributed by atoms with E-state index in [0.29, 0.717) is 24.1 Å². The van der Waals surface area contributed by atoms with E-state index >= 15 is 0 Å². The van der Waals surface area contributed by atoms with Crippen LogP contribution in [0.4, 0.5) is 0 Å². The molecule has 0 atom stereocenters. The minimum absolute atomic E-state index is 0.0655. The fourth-order valence-electron chi connectivity index (χ4n) is 2.86. The summed E-state index contributed by atoms with van der Waals surface area (Å²) in [7, 11) is 1.79. The van der Waals surface area contributed by atoms with E-state index in [1.165, 1.54) is 0 Å². The van der Waals surface area contributed by atoms with Gasteiger partial charge in [-0.2, -0.15) is 5.26 Å². The Morgan fingerprint density at radius 3 is 2.42 bits per heavy atom. The number of rotatable bonds is 5. The van der Waals surface area contributed by atoms with Gasteiger partial charge in [0.15, 0.2) is 0 Å². The van der Waals surface area contributed by atoms with Gasteiger partial charge in [-0.15, -0.1) is 0 Å². The number of carbonyl (C=O) groups excluding carboxylic acids is 1. The number of carbonyl (C=O) groups is 1. The Morgan fingerprint density at radius 2 is 1.69 bits per heavy atom. The van der Waals surface area contributed by atoms with Gasteiger partial charge in [0.25, 0.3) is 5.91 Å². The molecule has 1 aromatic heterocycles. The van der Waals surface area contributed by atoms with Gasteiger partial charge in [0.2, 0.25) is 0 Å². The second-order valence-corrected chi connectivity index (χ2v) is 6.00. The first-order valence-corrected chi connectivity index (χ1v) is 8.44. The summed E-state index contributed by atoms with van der Waals surface area (Å²) in [5.74, 6) is -0.0655. The molecule has 4 heteroatoms. The number of hydrogen-bond donors (Lipinski definition) is 0. The zero-order valence-electron chi connectivity index (χ0n) is 14.6. The predicted molar refractivity (Wildman–Crippen MR) is 101 cm³/mol. The molecule has 0 fully saturated rings. The second kappa shape index (κ2) is 8.09. The number of pyridine rings is 1. The maximum Gasteiger partial charge on any atom is 0.254 e. The first-order valence-electron chi connectivity index (χ1n) is 8.44. The van der Waals surface area contributed by atoms with E-state index in [0.717, 1.165) is 16.8 Å². The maximum atomic E-state index is 13.0. The zero-order valence-corrected chi connectivity index (χ0v) is 14.6. The molecule has 0 aliphatic rings. The molecule has 0 N–H and O–H groups in total. The van der Waals surface area contributed by atoms with Gasteiger partial charge in [-0.3, -0.25) is 9.78 Å². The van der Waals surface area contributed by atoms with Crippen molar-refractivity contribution in [3.63, 3.8) is 0 Å². The molecule has 2 aromatic carbocycles. The molecule has 0 aliphatic heterocycles. The van der Waals surface area contributed by atoms with Gasteiger partial charge in [0.1, 0.15) is 0 Å². The Balaban J connectivity index is 1.85. The molecule has 1 amide bonds. The first-order chi connectivity index (χ1) is 12.7. The van der Waals surface area contributed by atoms with Crippen LogP contribution in [0.1, 0.15) is 21.6 Å². The van der Waals surface area contributed by atoms with E-state index in [2.05, 4.69) is 11.1 Å². The molecule has 0 aliphatic carbocycles. The molecular weight excluding hydrogens is 322 g/mol. The Labute approximate surface area is 153 Å². The molecule has 0 unspecified atom stereocenters. The molecule has 0 radical (unpaired) electrons. The second-order valence-electron chi connectivity index (χ2n) is 6.00. The van der Waals surface area contributed by atoms with Gasteiger partial charge < -0.3 is 4.90 Å². The van der Waals surface area contributed by atoms with Crippen molar-refractivity contribution in [1.29, 1.82) is 5.26 Å². The van der Waals surface area contributed by atoms with Crippen LogP contribution in [0.25, 0.3) is 11.1 Å². The van der Waals surface area contributed by atoms with Crippen molar-refractivity contribution in [1.82, 2.24) is 9.88 Å². The van der Waals surface area contributed by atoms with E-state index in [9.17, 15) is 10.1 Å². The van der Waals surface area contributed by atoms with Crippen LogP contribution < -0.4 is 0 Å². The number of amides is 1. The summed E-state index contributed by atoms with van der Waals surface area (Å²) in [6.45, 7) is 0.573. The van der Waals surface area contributed by atoms with E-state index in [1.807, 2.05) is 60.7 Å². The van der Waals surface area contributed by atoms with E-state index in [4.69, 9.17) is 0 Å². The van der Waals surface area contributed by atoms with Crippen molar-refractivity contribution in [3.8, 4) is 17.2 Å². The smallest absolute Gasteiger partial charge is 0.254 e. The number of nitriles is 1. The minimum Gasteiger partial charge on any atom is -0.341 e. The molecule has 26 heavy (non-hydrogen) atoms. The topological polar surface area (TPSA) is 57.0 Å². The molecule has 128 valence electrons. The third-order valence-corrected chi connectivity index (χ3v) is 4.27. The molecule has 3 rings (SSSR count). The fourth-order valence-corrected chi connectivity index (χ4v) is 2.86. The highest BCUT2D eigenvalue weighted by atomic mass is 16.2. The summed E-state index contributed by atoms with van der Waals surface area (Å²) in [5, 5.41) is 9.38. The molecule has 0 spiro atoms. The normalized spacial score (nSPS) is 10.2. The third kappa shape index (κ3) is 3.79. The lowest BCUT2D eigenvalue weighted by Gasteiger charge is -2.19. The quantitative estimate of drug-likeness (QED) is 0.706. The van der Waals surface area contributed by atoms with Gasteiger partial charge >= 0.3 is 0 Å². The Morgan fingerprint density at radius 1 is 1.00 bits per heavy atom. The van der Waals surface area contributed by atoms with Crippen molar-refractivity contribution < 1.29 is 4.79 Å². The van der Waals surface area contributed by atoms with Crippen molar-refractivity contribution >= 4 is 5.91 Å². The van der Waals surface area contributed by atoms with Crippen LogP contribution in [-0.4, -0.2) is 29.4 Å². The number of aromatic nitrogens is 1. The minimum atomic E-state index is -0.0655. The Bertz CT molecular complexity index is 945. The van der Waals surface area contributed by atoms with Crippen LogP contribution in [0, 0.1) is 11.3 Å². The van der Waals surface area contributed by atoms with Crippen molar-refractivity contribution in [2.24, 2.45) is 0 Å². The molecule has 1 heterocycles. The first kappa shape index (κ1) is 17.4. The highest BCUT2D eigenvalue weighted by Gasteiger charge is 2.18. The van der Waals surface area contributed by atoms with Crippen LogP contribution in [0.15, 0.2) is 72.9 Å². The standard InChI is InChI=1S/C22H19N3O/c1-25(15-13-18-9-6-7-14-24-18)22(26)21-12-5-4-11-20(21)19-10-3-2-8-17(19)16-23/h2-12,14H,13,15H2,1H3. The summed E-state index contributed by atoms with van der Waals surface area (Å²) in [4.78, 5) is 19.0. The Kier molecular flexibility index (Phi) is 5.40. The Hall–Kier alpha value is -3.45. The van der Waals surface area contributed by atoms with Gasteiger partial charge in [-0.25, -0.2) is 0 Å². The third-order valence-electron chi connectivity index (χ3n) is 4.27. The van der Waals surface area contributed by atoms with Crippen LogP contribution in [0.2, 0.25) is 0 Å². The number of benzene rings is 2. The number of hydrogen-bond acceptors (Lipinski definition) is 3. The van der Waals surface area contributed by atoms with Gasteiger partial charge in [-0.1, -0.05) is 42.5 Å². The predicted octanol–water partition coefficient (Wildman–Crippen LogP) is 3.93. The van der Waals surface area contributed by atoms with Gasteiger partial charge in [0.05, 0.1) is 11.6 Å². The van der Waals surface area contributed by atoms with Gasteiger partial charge in [-0.05, 0) is 29.8 Å². The number of likely N-dealkylation sites (N-methyl/N-ethyl adjacent to an activating group) is 1. The SMILES string of the molecule is CN(CCc1ccccn1)C(=O)c1ccccc1-c1ccccc1C#N. The molecule has 4 nitrogen and oxygen atoms in total. The van der Waals surface area contributed by atoms with Gasteiger partial charge in [0, 0.05) is 43.0 Å². The maximum absolute atomic E-state index is 13.0. The van der Waals surface area contributed by atoms with Crippen molar-refractivity contribution in [2.45, 2.75) is 6.42 Å². The van der Waals surface area contributed by atoms with Crippen LogP contribution >= 0.6 is 0 Å². The van der Waals surface area contributed by atoms with Crippen molar-refractivity contribution in [3.05, 3.63) is 89.7 Å². The summed E-state index contributed by atoms with van der Waals surface area (Å²) >= 11 is 0. The molecular formula is C22H19N3O. The monoisotopic (exact) mass is 341 g/mol. The zero-order chi connectivity index (χ0) is 18.4. The largest absolute Gasteiger partial charge is 0.341 e. The lowest BCUT2D eigenvalue weighted by molar-refractivity contribution is 0.0797. The van der Waals surface area contributed by atoms with E-state index < -0.39 is 0 Å². The molecule has 0 saturated heterocycles. The van der Waals surface area contributed by atoms with Crippen molar-refractivity contribution in [2.75, 3.05) is 13.6 Å². The summed E-state index contributed by atoms with van der Waals surface area (Å²) in [6.07, 6.45) is 2.45. The number of nitrogens with zero attached hydrogens (tertiary/aromatic N) is 3. The molecule has 3 aromatic rings. The lowest BCUT2D eigenvalue weighted by Crippen LogP contribution is -2.29.